The maximum absolute atomic E-state index is 10.5. The summed E-state index contributed by atoms with van der Waals surface area (Å²) < 4.78 is 21.0. The summed E-state index contributed by atoms with van der Waals surface area (Å²) in [7, 11) is -2.96. The molecule has 1 N–H and O–H groups in total. The Hall–Kier alpha value is -0.510. The van der Waals surface area contributed by atoms with Crippen molar-refractivity contribution in [3.8, 4) is 0 Å². The molecule has 0 bridgehead atoms. The van der Waals surface area contributed by atoms with Crippen LogP contribution >= 0.6 is 0 Å². The van der Waals surface area contributed by atoms with Crippen molar-refractivity contribution in [2.24, 2.45) is 0 Å². The van der Waals surface area contributed by atoms with E-state index in [1.165, 1.54) is 6.20 Å². The highest BCUT2D eigenvalue weighted by Crippen LogP contribution is 1.83. The molecule has 0 aromatic carbocycles. The van der Waals surface area contributed by atoms with E-state index in [2.05, 4.69) is 5.32 Å². The molecule has 0 atom stereocenters. The van der Waals surface area contributed by atoms with Gasteiger partial charge in [0.2, 0.25) is 0 Å². The van der Waals surface area contributed by atoms with Gasteiger partial charge in [-0.15, -0.1) is 0 Å². The summed E-state index contributed by atoms with van der Waals surface area (Å²) in [5.74, 6) is 0. The number of hydrogen-bond donors (Lipinski definition) is 1. The van der Waals surface area contributed by atoms with Crippen molar-refractivity contribution in [3.63, 3.8) is 0 Å². The SMILES string of the molecule is CC(C)N/C=C\S(C)(=O)=O. The average Bonchev–Trinajstić information content (AvgIpc) is 1.59. The van der Waals surface area contributed by atoms with E-state index in [1.807, 2.05) is 13.8 Å². The third kappa shape index (κ3) is 7.49. The first-order valence-corrected chi connectivity index (χ1v) is 5.00. The van der Waals surface area contributed by atoms with Crippen LogP contribution in [0, 0.1) is 0 Å². The molecule has 0 aromatic heterocycles. The lowest BCUT2D eigenvalue weighted by Crippen LogP contribution is -2.15. The maximum atomic E-state index is 10.5. The minimum Gasteiger partial charge on any atom is -0.388 e. The van der Waals surface area contributed by atoms with Gasteiger partial charge >= 0.3 is 0 Å². The lowest BCUT2D eigenvalue weighted by molar-refractivity contribution is 0.609. The van der Waals surface area contributed by atoms with Gasteiger partial charge in [-0.3, -0.25) is 0 Å². The first-order valence-electron chi connectivity index (χ1n) is 3.04. The third-order valence-electron chi connectivity index (χ3n) is 0.745. The van der Waals surface area contributed by atoms with E-state index in [0.29, 0.717) is 0 Å². The van der Waals surface area contributed by atoms with Gasteiger partial charge < -0.3 is 5.32 Å². The van der Waals surface area contributed by atoms with Crippen LogP contribution in [0.15, 0.2) is 11.6 Å². The second-order valence-corrected chi connectivity index (χ2v) is 4.38. The number of hydrogen-bond acceptors (Lipinski definition) is 3. The van der Waals surface area contributed by atoms with E-state index in [0.717, 1.165) is 11.7 Å². The molecule has 0 amide bonds. The Labute approximate surface area is 62.0 Å². The molecule has 0 radical (unpaired) electrons. The number of rotatable bonds is 3. The Morgan fingerprint density at radius 3 is 2.20 bits per heavy atom. The minimum absolute atomic E-state index is 0.276. The normalized spacial score (nSPS) is 12.8. The molecule has 0 spiro atoms. The molecule has 0 aliphatic heterocycles. The van der Waals surface area contributed by atoms with Gasteiger partial charge in [-0.25, -0.2) is 8.42 Å². The molecule has 0 aliphatic rings. The zero-order chi connectivity index (χ0) is 8.20. The van der Waals surface area contributed by atoms with Gasteiger partial charge in [0.05, 0.1) is 0 Å². The second-order valence-electron chi connectivity index (χ2n) is 2.45. The van der Waals surface area contributed by atoms with Crippen LogP contribution in [0.3, 0.4) is 0 Å². The van der Waals surface area contributed by atoms with Crippen LogP contribution in [0.1, 0.15) is 13.8 Å². The summed E-state index contributed by atoms with van der Waals surface area (Å²) in [4.78, 5) is 0. The predicted octanol–water partition coefficient (Wildman–Crippen LogP) is 0.500. The lowest BCUT2D eigenvalue weighted by atomic mass is 10.4. The molecule has 0 heterocycles. The highest BCUT2D eigenvalue weighted by atomic mass is 32.2. The van der Waals surface area contributed by atoms with Crippen LogP contribution in [0.25, 0.3) is 0 Å². The Kier molecular flexibility index (Phi) is 3.42. The topological polar surface area (TPSA) is 46.2 Å². The van der Waals surface area contributed by atoms with Gasteiger partial charge in [0.1, 0.15) is 0 Å². The average molecular weight is 163 g/mol. The largest absolute Gasteiger partial charge is 0.388 e. The van der Waals surface area contributed by atoms with Crippen LogP contribution in [-0.4, -0.2) is 20.7 Å². The summed E-state index contributed by atoms with van der Waals surface area (Å²) in [6, 6.07) is 0.276. The molecule has 60 valence electrons. The number of nitrogens with one attached hydrogen (secondary N) is 1. The van der Waals surface area contributed by atoms with E-state index in [4.69, 9.17) is 0 Å². The van der Waals surface area contributed by atoms with Crippen molar-refractivity contribution in [2.45, 2.75) is 19.9 Å². The van der Waals surface area contributed by atoms with Crippen LogP contribution in [-0.2, 0) is 9.84 Å². The third-order valence-corrected chi connectivity index (χ3v) is 1.38. The van der Waals surface area contributed by atoms with Crippen molar-refractivity contribution in [1.29, 1.82) is 0 Å². The first kappa shape index (κ1) is 9.49. The van der Waals surface area contributed by atoms with Gasteiger partial charge in [-0.2, -0.15) is 0 Å². The molecule has 4 heteroatoms. The smallest absolute Gasteiger partial charge is 0.170 e. The predicted molar refractivity (Wildman–Crippen MR) is 42.3 cm³/mol. The second kappa shape index (κ2) is 3.61. The molecule has 0 saturated carbocycles. The van der Waals surface area contributed by atoms with Crippen molar-refractivity contribution in [1.82, 2.24) is 5.32 Å². The van der Waals surface area contributed by atoms with E-state index < -0.39 is 9.84 Å². The lowest BCUT2D eigenvalue weighted by Gasteiger charge is -2.01. The van der Waals surface area contributed by atoms with Gasteiger partial charge in [-0.05, 0) is 13.8 Å². The van der Waals surface area contributed by atoms with Crippen molar-refractivity contribution in [2.75, 3.05) is 6.26 Å². The fraction of sp³-hybridized carbons (Fsp3) is 0.667. The molecular formula is C6H13NO2S. The van der Waals surface area contributed by atoms with E-state index >= 15 is 0 Å². The van der Waals surface area contributed by atoms with Crippen molar-refractivity contribution >= 4 is 9.84 Å². The molecule has 10 heavy (non-hydrogen) atoms. The van der Waals surface area contributed by atoms with E-state index in [9.17, 15) is 8.42 Å². The minimum atomic E-state index is -2.96. The maximum Gasteiger partial charge on any atom is 0.170 e. The molecule has 0 fully saturated rings. The molecule has 3 nitrogen and oxygen atoms in total. The van der Waals surface area contributed by atoms with Gasteiger partial charge in [0.15, 0.2) is 9.84 Å². The van der Waals surface area contributed by atoms with Crippen LogP contribution in [0.2, 0.25) is 0 Å². The molecule has 0 aliphatic carbocycles. The first-order chi connectivity index (χ1) is 4.42. The van der Waals surface area contributed by atoms with Crippen molar-refractivity contribution < 1.29 is 8.42 Å². The van der Waals surface area contributed by atoms with Gasteiger partial charge in [-0.1, -0.05) is 0 Å². The monoisotopic (exact) mass is 163 g/mol. The summed E-state index contributed by atoms with van der Waals surface area (Å²) in [5.41, 5.74) is 0. The number of sulfone groups is 1. The van der Waals surface area contributed by atoms with Crippen molar-refractivity contribution in [3.05, 3.63) is 11.6 Å². The molecular weight excluding hydrogens is 150 g/mol. The summed E-state index contributed by atoms with van der Waals surface area (Å²) in [5, 5.41) is 3.99. The van der Waals surface area contributed by atoms with E-state index in [1.54, 1.807) is 0 Å². The zero-order valence-corrected chi connectivity index (χ0v) is 7.27. The van der Waals surface area contributed by atoms with Crippen LogP contribution in [0.5, 0.6) is 0 Å². The Morgan fingerprint density at radius 1 is 1.40 bits per heavy atom. The molecule has 0 saturated heterocycles. The Balaban J connectivity index is 3.80. The fourth-order valence-corrected chi connectivity index (χ4v) is 0.681. The van der Waals surface area contributed by atoms with Gasteiger partial charge in [0, 0.05) is 23.9 Å². The fourth-order valence-electron chi connectivity index (χ4n) is 0.355. The molecule has 0 rings (SSSR count). The summed E-state index contributed by atoms with van der Waals surface area (Å²) in [6.07, 6.45) is 2.60. The quantitative estimate of drug-likeness (QED) is 0.659. The Morgan fingerprint density at radius 2 is 1.90 bits per heavy atom. The highest BCUT2D eigenvalue weighted by Gasteiger charge is 1.91. The van der Waals surface area contributed by atoms with Crippen LogP contribution < -0.4 is 5.32 Å². The molecule has 0 aromatic rings. The summed E-state index contributed by atoms with van der Waals surface area (Å²) >= 11 is 0. The molecule has 0 unspecified atom stereocenters. The summed E-state index contributed by atoms with van der Waals surface area (Å²) in [6.45, 7) is 3.87. The van der Waals surface area contributed by atoms with E-state index in [-0.39, 0.29) is 6.04 Å². The van der Waals surface area contributed by atoms with Gasteiger partial charge in [0.25, 0.3) is 0 Å². The zero-order valence-electron chi connectivity index (χ0n) is 6.46. The van der Waals surface area contributed by atoms with Crippen LogP contribution in [0.4, 0.5) is 0 Å². The Bertz CT molecular complexity index is 204. The highest BCUT2D eigenvalue weighted by molar-refractivity contribution is 7.93. The standard InChI is InChI=1S/C6H13NO2S/c1-6(2)7-4-5-10(3,8)9/h4-7H,1-3H3/b5-4-.